The lowest BCUT2D eigenvalue weighted by atomic mass is 10.0. The Bertz CT molecular complexity index is 276. The number of rotatable bonds is 13. The molecule has 0 aliphatic rings. The molecular weight excluding hydrogens is 272 g/mol. The van der Waals surface area contributed by atoms with Crippen LogP contribution in [0.15, 0.2) is 0 Å². The summed E-state index contributed by atoms with van der Waals surface area (Å²) in [5.41, 5.74) is -0.705. The summed E-state index contributed by atoms with van der Waals surface area (Å²) < 4.78 is 0. The van der Waals surface area contributed by atoms with Crippen LogP contribution in [0.5, 0.6) is 0 Å². The van der Waals surface area contributed by atoms with Crippen molar-refractivity contribution in [2.75, 3.05) is 0 Å². The van der Waals surface area contributed by atoms with Gasteiger partial charge in [-0.1, -0.05) is 45.4 Å². The number of hydrogen-bond donors (Lipinski definition) is 2. The molecule has 0 saturated carbocycles. The highest BCUT2D eigenvalue weighted by Gasteiger charge is 2.27. The van der Waals surface area contributed by atoms with E-state index in [0.29, 0.717) is 12.8 Å². The number of aliphatic hydroxyl groups excluding tert-OH is 1. The van der Waals surface area contributed by atoms with Crippen LogP contribution in [0.3, 0.4) is 0 Å². The third kappa shape index (κ3) is 11.7. The van der Waals surface area contributed by atoms with Crippen LogP contribution in [0.4, 0.5) is 0 Å². The largest absolute Gasteiger partial charge is 0.479 e. The Hall–Kier alpha value is -0.650. The number of aliphatic carboxylic acids is 1. The monoisotopic (exact) mass is 304 g/mol. The molecule has 0 fully saturated rings. The van der Waals surface area contributed by atoms with Gasteiger partial charge in [-0.25, -0.2) is 14.6 Å². The zero-order valence-corrected chi connectivity index (χ0v) is 13.9. The molecule has 0 spiro atoms. The minimum atomic E-state index is -1.00. The highest BCUT2D eigenvalue weighted by Crippen LogP contribution is 2.19. The molecule has 21 heavy (non-hydrogen) atoms. The minimum Gasteiger partial charge on any atom is -0.479 e. The quantitative estimate of drug-likeness (QED) is 0.308. The number of carboxylic acid groups (broad SMARTS) is 1. The normalized spacial score (nSPS) is 14.9. The molecule has 0 bridgehead atoms. The van der Waals surface area contributed by atoms with Crippen molar-refractivity contribution in [3.05, 3.63) is 0 Å². The van der Waals surface area contributed by atoms with Gasteiger partial charge in [-0.15, -0.1) is 0 Å². The van der Waals surface area contributed by atoms with Crippen molar-refractivity contribution in [1.29, 1.82) is 0 Å². The molecule has 0 rings (SSSR count). The predicted octanol–water partition coefficient (Wildman–Crippen LogP) is 3.69. The van der Waals surface area contributed by atoms with Gasteiger partial charge in [-0.3, -0.25) is 0 Å². The molecule has 5 heteroatoms. The summed E-state index contributed by atoms with van der Waals surface area (Å²) in [4.78, 5) is 21.5. The van der Waals surface area contributed by atoms with Crippen molar-refractivity contribution < 1.29 is 24.8 Å². The Labute approximate surface area is 128 Å². The van der Waals surface area contributed by atoms with E-state index < -0.39 is 23.8 Å². The fourth-order valence-corrected chi connectivity index (χ4v) is 2.26. The molecule has 0 aliphatic heterocycles. The molecule has 0 amide bonds. The molecular formula is C16H32O5. The van der Waals surface area contributed by atoms with Crippen LogP contribution in [0.25, 0.3) is 0 Å². The summed E-state index contributed by atoms with van der Waals surface area (Å²) in [7, 11) is 0. The van der Waals surface area contributed by atoms with Gasteiger partial charge in [0, 0.05) is 6.42 Å². The van der Waals surface area contributed by atoms with E-state index in [1.807, 2.05) is 0 Å². The van der Waals surface area contributed by atoms with Crippen LogP contribution in [0, 0.1) is 0 Å². The molecule has 0 heterocycles. The molecule has 0 aromatic rings. The summed E-state index contributed by atoms with van der Waals surface area (Å²) in [6, 6.07) is 0. The fraction of sp³-hybridized carbons (Fsp3) is 0.938. The van der Waals surface area contributed by atoms with Crippen LogP contribution in [0.1, 0.15) is 79.1 Å². The lowest BCUT2D eigenvalue weighted by Gasteiger charge is -2.26. The van der Waals surface area contributed by atoms with Gasteiger partial charge < -0.3 is 10.2 Å². The van der Waals surface area contributed by atoms with E-state index in [1.54, 1.807) is 20.8 Å². The maximum absolute atomic E-state index is 11.2. The van der Waals surface area contributed by atoms with Gasteiger partial charge in [0.1, 0.15) is 5.60 Å². The number of hydrogen-bond acceptors (Lipinski definition) is 4. The molecule has 0 aliphatic carbocycles. The van der Waals surface area contributed by atoms with Crippen LogP contribution in [0.2, 0.25) is 0 Å². The molecule has 126 valence electrons. The van der Waals surface area contributed by atoms with Gasteiger partial charge in [0.2, 0.25) is 0 Å². The summed E-state index contributed by atoms with van der Waals surface area (Å²) in [5, 5.41) is 18.5. The van der Waals surface area contributed by atoms with Crippen molar-refractivity contribution in [2.45, 2.75) is 96.9 Å². The van der Waals surface area contributed by atoms with Crippen LogP contribution in [-0.2, 0) is 14.6 Å². The average molecular weight is 304 g/mol. The topological polar surface area (TPSA) is 76.0 Å². The second kappa shape index (κ2) is 11.0. The molecule has 2 unspecified atom stereocenters. The summed E-state index contributed by atoms with van der Waals surface area (Å²) >= 11 is 0. The predicted molar refractivity (Wildman–Crippen MR) is 82.0 cm³/mol. The van der Waals surface area contributed by atoms with E-state index in [0.717, 1.165) is 19.3 Å². The minimum absolute atomic E-state index is 0.385. The first-order chi connectivity index (χ1) is 9.78. The van der Waals surface area contributed by atoms with Crippen molar-refractivity contribution in [3.8, 4) is 0 Å². The summed E-state index contributed by atoms with van der Waals surface area (Å²) in [6.07, 6.45) is 5.98. The smallest absolute Gasteiger partial charge is 0.336 e. The molecule has 2 atom stereocenters. The highest BCUT2D eigenvalue weighted by atomic mass is 17.2. The Morgan fingerprint density at radius 3 is 2.24 bits per heavy atom. The first-order valence-electron chi connectivity index (χ1n) is 8.04. The number of carboxylic acids is 1. The lowest BCUT2D eigenvalue weighted by molar-refractivity contribution is -0.375. The van der Waals surface area contributed by atoms with Crippen LogP contribution < -0.4 is 0 Å². The Kier molecular flexibility index (Phi) is 10.6. The molecule has 0 saturated heterocycles. The van der Waals surface area contributed by atoms with Crippen molar-refractivity contribution in [1.82, 2.24) is 0 Å². The first-order valence-corrected chi connectivity index (χ1v) is 8.04. The van der Waals surface area contributed by atoms with Crippen LogP contribution >= 0.6 is 0 Å². The fourth-order valence-electron chi connectivity index (χ4n) is 2.26. The van der Waals surface area contributed by atoms with E-state index in [2.05, 4.69) is 6.92 Å². The van der Waals surface area contributed by atoms with Crippen molar-refractivity contribution in [3.63, 3.8) is 0 Å². The van der Waals surface area contributed by atoms with Crippen molar-refractivity contribution >= 4 is 5.97 Å². The van der Waals surface area contributed by atoms with E-state index >= 15 is 0 Å². The van der Waals surface area contributed by atoms with Crippen molar-refractivity contribution in [2.24, 2.45) is 0 Å². The second-order valence-electron chi connectivity index (χ2n) is 6.38. The van der Waals surface area contributed by atoms with E-state index in [9.17, 15) is 9.90 Å². The second-order valence-corrected chi connectivity index (χ2v) is 6.38. The number of carbonyl (C=O) groups is 1. The summed E-state index contributed by atoms with van der Waals surface area (Å²) in [6.45, 7) is 7.36. The maximum atomic E-state index is 11.2. The Morgan fingerprint density at radius 2 is 1.71 bits per heavy atom. The third-order valence-electron chi connectivity index (χ3n) is 3.27. The van der Waals surface area contributed by atoms with Gasteiger partial charge in [-0.05, 0) is 27.2 Å². The molecule has 0 radical (unpaired) electrons. The van der Waals surface area contributed by atoms with E-state index in [1.165, 1.54) is 19.3 Å². The highest BCUT2D eigenvalue weighted by molar-refractivity contribution is 5.72. The maximum Gasteiger partial charge on any atom is 0.336 e. The van der Waals surface area contributed by atoms with E-state index in [-0.39, 0.29) is 0 Å². The average Bonchev–Trinajstić information content (AvgIpc) is 2.34. The van der Waals surface area contributed by atoms with Gasteiger partial charge >= 0.3 is 5.97 Å². The SMILES string of the molecule is CCCCCCCCC(OOC(C)(C)CC(C)O)C(=O)O. The third-order valence-corrected chi connectivity index (χ3v) is 3.27. The van der Waals surface area contributed by atoms with E-state index in [4.69, 9.17) is 14.9 Å². The lowest BCUT2D eigenvalue weighted by Crippen LogP contribution is -2.33. The van der Waals surface area contributed by atoms with Gasteiger partial charge in [0.25, 0.3) is 0 Å². The molecule has 5 nitrogen and oxygen atoms in total. The Balaban J connectivity index is 4.00. The standard InChI is InChI=1S/C16H32O5/c1-5-6-7-8-9-10-11-14(15(18)19)20-21-16(3,4)12-13(2)17/h13-14,17H,5-12H2,1-4H3,(H,18,19). The van der Waals surface area contributed by atoms with Crippen LogP contribution in [-0.4, -0.2) is 34.0 Å². The molecule has 0 aromatic heterocycles. The first kappa shape index (κ1) is 20.3. The number of unbranched alkanes of at least 4 members (excludes halogenated alkanes) is 5. The van der Waals surface area contributed by atoms with Gasteiger partial charge in [0.05, 0.1) is 6.10 Å². The van der Waals surface area contributed by atoms with Gasteiger partial charge in [0.15, 0.2) is 6.10 Å². The zero-order chi connectivity index (χ0) is 16.3. The van der Waals surface area contributed by atoms with Gasteiger partial charge in [-0.2, -0.15) is 0 Å². The Morgan fingerprint density at radius 1 is 1.14 bits per heavy atom. The molecule has 2 N–H and O–H groups in total. The zero-order valence-electron chi connectivity index (χ0n) is 13.9. The number of aliphatic hydroxyl groups is 1. The molecule has 0 aromatic carbocycles. The summed E-state index contributed by atoms with van der Waals surface area (Å²) in [5.74, 6) is -1.00.